The Hall–Kier alpha value is -6.77. The molecule has 0 spiro atoms. The van der Waals surface area contributed by atoms with Gasteiger partial charge in [0, 0.05) is 31.7 Å². The third kappa shape index (κ3) is 9.83. The molecule has 1 aliphatic heterocycles. The number of tetrazole rings is 1. The van der Waals surface area contributed by atoms with Gasteiger partial charge in [0.1, 0.15) is 38.8 Å². The molecule has 1 saturated heterocycles. The number of nitrogens with two attached hydrogens (primary N) is 2. The molecule has 17 nitrogen and oxygen atoms in total. The number of sulfonamides is 1. The van der Waals surface area contributed by atoms with Crippen molar-refractivity contribution in [2.45, 2.75) is 61.0 Å². The molecule has 0 atom stereocenters. The van der Waals surface area contributed by atoms with Crippen LogP contribution in [0.25, 0.3) is 22.5 Å². The summed E-state index contributed by atoms with van der Waals surface area (Å²) in [7, 11) is -5.08. The molecule has 7 rings (SSSR count). The lowest BCUT2D eigenvalue weighted by Crippen LogP contribution is -2.57. The second-order valence-electron chi connectivity index (χ2n) is 16.3. The maximum absolute atomic E-state index is 16.0. The molecule has 0 unspecified atom stereocenters. The molecule has 5 aromatic carbocycles. The van der Waals surface area contributed by atoms with Crippen LogP contribution in [0.15, 0.2) is 107 Å². The van der Waals surface area contributed by atoms with E-state index in [1.807, 2.05) is 0 Å². The molecule has 20 heteroatoms. The van der Waals surface area contributed by atoms with Crippen LogP contribution in [0.5, 0.6) is 17.2 Å². The number of benzene rings is 5. The summed E-state index contributed by atoms with van der Waals surface area (Å²) in [5.41, 5.74) is 12.7. The Kier molecular flexibility index (Phi) is 13.1. The number of amides is 1. The van der Waals surface area contributed by atoms with Crippen molar-refractivity contribution in [3.63, 3.8) is 0 Å². The van der Waals surface area contributed by atoms with Gasteiger partial charge in [-0.3, -0.25) is 0 Å². The molecule has 1 fully saturated rings. The molecule has 342 valence electrons. The average Bonchev–Trinajstić information content (AvgIpc) is 3.72. The Bertz CT molecular complexity index is 2870. The summed E-state index contributed by atoms with van der Waals surface area (Å²) in [6.45, 7) is 4.06. The van der Waals surface area contributed by atoms with Crippen molar-refractivity contribution in [1.82, 2.24) is 29.4 Å². The normalized spacial score (nSPS) is 13.4. The first kappa shape index (κ1) is 46.2. The lowest BCUT2D eigenvalue weighted by Gasteiger charge is -2.39. The number of nitrogen functional groups attached to an aromatic ring is 2. The van der Waals surface area contributed by atoms with Crippen LogP contribution in [0.3, 0.4) is 0 Å². The highest BCUT2D eigenvalue weighted by Gasteiger charge is 2.46. The van der Waals surface area contributed by atoms with Gasteiger partial charge in [-0.2, -0.15) is 9.10 Å². The fourth-order valence-electron chi connectivity index (χ4n) is 7.15. The summed E-state index contributed by atoms with van der Waals surface area (Å²) in [4.78, 5) is 14.1. The van der Waals surface area contributed by atoms with E-state index in [-0.39, 0.29) is 60.9 Å². The molecule has 2 heterocycles. The molecule has 6 aromatic rings. The number of anilines is 2. The number of hydrogen-bond acceptors (Lipinski definition) is 14. The summed E-state index contributed by atoms with van der Waals surface area (Å²) in [6.07, 6.45) is -0.722. The van der Waals surface area contributed by atoms with Crippen molar-refractivity contribution in [1.29, 1.82) is 0 Å². The molecule has 1 aromatic heterocycles. The highest BCUT2D eigenvalue weighted by molar-refractivity contribution is 7.94. The van der Waals surface area contributed by atoms with Crippen LogP contribution in [-0.2, 0) is 44.2 Å². The Morgan fingerprint density at radius 3 is 1.75 bits per heavy atom. The van der Waals surface area contributed by atoms with Gasteiger partial charge < -0.3 is 35.3 Å². The van der Waals surface area contributed by atoms with E-state index in [1.54, 1.807) is 93.6 Å². The lowest BCUT2D eigenvalue weighted by molar-refractivity contribution is 0.0139. The number of rotatable bonds is 15. The minimum absolute atomic E-state index is 0.0218. The number of methoxy groups -OCH3 is 3. The maximum Gasteiger partial charge on any atom is 0.410 e. The summed E-state index contributed by atoms with van der Waals surface area (Å²) in [6, 6.07) is 25.4. The largest absolute Gasteiger partial charge is 0.497 e. The number of hydrogen-bond donors (Lipinski definition) is 2. The second kappa shape index (κ2) is 18.4. The Labute approximate surface area is 376 Å². The van der Waals surface area contributed by atoms with Crippen molar-refractivity contribution >= 4 is 37.3 Å². The SMILES string of the molecule is COc1ccc(CN(Cc2ccc(OC)cc2)S(=O)(=O)c2c(S(=O)(=O)C3CN(C(=O)OC(C)(C)C)C3)ccc(-c3ccc(F)c(N)c3N)c2-c2nnn(Cc3ccc(OC)cc3)n2)cc1. The van der Waals surface area contributed by atoms with E-state index < -0.39 is 58.1 Å². The minimum Gasteiger partial charge on any atom is -0.497 e. The van der Waals surface area contributed by atoms with Gasteiger partial charge >= 0.3 is 6.09 Å². The van der Waals surface area contributed by atoms with Gasteiger partial charge in [0.2, 0.25) is 15.8 Å². The fraction of sp³-hybridized carbons (Fsp3) is 0.289. The first-order valence-corrected chi connectivity index (χ1v) is 23.2. The number of carbonyl (C=O) groups excluding carboxylic acids is 1. The van der Waals surface area contributed by atoms with Crippen molar-refractivity contribution in [2.24, 2.45) is 0 Å². The number of halogens is 1. The lowest BCUT2D eigenvalue weighted by atomic mass is 9.97. The van der Waals surface area contributed by atoms with Gasteiger partial charge in [0.25, 0.3) is 0 Å². The van der Waals surface area contributed by atoms with Crippen LogP contribution in [0.2, 0.25) is 0 Å². The smallest absolute Gasteiger partial charge is 0.410 e. The maximum atomic E-state index is 16.0. The Morgan fingerprint density at radius 2 is 1.25 bits per heavy atom. The first-order chi connectivity index (χ1) is 30.8. The Balaban J connectivity index is 1.48. The molecule has 0 radical (unpaired) electrons. The fourth-order valence-corrected chi connectivity index (χ4v) is 11.2. The number of ether oxygens (including phenoxy) is 4. The van der Waals surface area contributed by atoms with Crippen LogP contribution in [0, 0.1) is 5.82 Å². The van der Waals surface area contributed by atoms with Gasteiger partial charge in [0.05, 0.1) is 49.7 Å². The minimum atomic E-state index is -5.00. The standard InChI is InChI=1S/C45H49FN8O9S2/c1-45(2,3)63-44(55)52-26-34(27-52)64(56,57)38-22-20-35(36-19-21-37(46)41(48)40(36)47)39(43-49-51-54(50-43)25-30-11-17-33(62-6)18-12-30)42(38)65(58,59)53(23-28-7-13-31(60-4)14-8-28)24-29-9-15-32(61-5)16-10-29/h7-22,34H,23-27,47-48H2,1-6H3. The molecular weight excluding hydrogens is 880 g/mol. The molecule has 1 aliphatic rings. The van der Waals surface area contributed by atoms with Crippen LogP contribution in [0.4, 0.5) is 20.6 Å². The number of sulfone groups is 1. The summed E-state index contributed by atoms with van der Waals surface area (Å²) in [5, 5.41) is 12.0. The predicted octanol–water partition coefficient (Wildman–Crippen LogP) is 6.17. The van der Waals surface area contributed by atoms with Gasteiger partial charge in [-0.05, 0) is 103 Å². The Morgan fingerprint density at radius 1 is 0.738 bits per heavy atom. The van der Waals surface area contributed by atoms with Crippen LogP contribution in [-0.4, -0.2) is 97.6 Å². The summed E-state index contributed by atoms with van der Waals surface area (Å²) < 4.78 is 99.5. The zero-order valence-electron chi connectivity index (χ0n) is 36.6. The molecule has 0 aliphatic carbocycles. The average molecular weight is 929 g/mol. The third-order valence-corrected chi connectivity index (χ3v) is 14.8. The monoisotopic (exact) mass is 928 g/mol. The highest BCUT2D eigenvalue weighted by Crippen LogP contribution is 2.45. The zero-order chi connectivity index (χ0) is 46.8. The van der Waals surface area contributed by atoms with Crippen LogP contribution < -0.4 is 25.7 Å². The van der Waals surface area contributed by atoms with Crippen molar-refractivity contribution < 1.29 is 45.0 Å². The van der Waals surface area contributed by atoms with Crippen molar-refractivity contribution in [3.05, 3.63) is 120 Å². The molecule has 4 N–H and O–H groups in total. The van der Waals surface area contributed by atoms with E-state index in [9.17, 15) is 9.18 Å². The number of aromatic nitrogens is 4. The quantitative estimate of drug-likeness (QED) is 0.110. The van der Waals surface area contributed by atoms with Crippen molar-refractivity contribution in [2.75, 3.05) is 45.9 Å². The van der Waals surface area contributed by atoms with E-state index in [4.69, 9.17) is 30.4 Å². The molecule has 65 heavy (non-hydrogen) atoms. The van der Waals surface area contributed by atoms with E-state index in [0.717, 1.165) is 22.0 Å². The van der Waals surface area contributed by atoms with Gasteiger partial charge in [-0.25, -0.2) is 26.0 Å². The van der Waals surface area contributed by atoms with Crippen LogP contribution in [0.1, 0.15) is 37.5 Å². The molecule has 1 amide bonds. The topological polar surface area (TPSA) is 224 Å². The third-order valence-electron chi connectivity index (χ3n) is 10.7. The number of nitrogens with zero attached hydrogens (tertiary/aromatic N) is 6. The van der Waals surface area contributed by atoms with Crippen molar-refractivity contribution in [3.8, 4) is 39.8 Å². The number of carbonyl (C=O) groups is 1. The molecular formula is C45H49FN8O9S2. The van der Waals surface area contributed by atoms with E-state index in [0.29, 0.717) is 28.4 Å². The van der Waals surface area contributed by atoms with E-state index in [2.05, 4.69) is 15.4 Å². The number of likely N-dealkylation sites (tertiary alicyclic amines) is 1. The molecule has 0 saturated carbocycles. The summed E-state index contributed by atoms with van der Waals surface area (Å²) in [5.74, 6) is 0.562. The first-order valence-electron chi connectivity index (χ1n) is 20.2. The van der Waals surface area contributed by atoms with E-state index >= 15 is 16.8 Å². The van der Waals surface area contributed by atoms with Gasteiger partial charge in [0.15, 0.2) is 9.84 Å². The summed E-state index contributed by atoms with van der Waals surface area (Å²) >= 11 is 0. The van der Waals surface area contributed by atoms with Gasteiger partial charge in [-0.15, -0.1) is 10.2 Å². The zero-order valence-corrected chi connectivity index (χ0v) is 38.2. The predicted molar refractivity (Wildman–Crippen MR) is 241 cm³/mol. The second-order valence-corrected chi connectivity index (χ2v) is 20.3. The van der Waals surface area contributed by atoms with Crippen LogP contribution >= 0.6 is 0 Å². The van der Waals surface area contributed by atoms with Gasteiger partial charge in [-0.1, -0.05) is 42.5 Å². The molecule has 0 bridgehead atoms. The highest BCUT2D eigenvalue weighted by atomic mass is 32.2. The van der Waals surface area contributed by atoms with E-state index in [1.165, 1.54) is 43.2 Å².